The number of hydrogen-bond acceptors (Lipinski definition) is 6. The summed E-state index contributed by atoms with van der Waals surface area (Å²) in [6.45, 7) is 7.88. The van der Waals surface area contributed by atoms with Crippen molar-refractivity contribution in [2.75, 3.05) is 54.2 Å². The van der Waals surface area contributed by atoms with E-state index in [1.54, 1.807) is 17.0 Å². The number of anilines is 3. The molecule has 0 radical (unpaired) electrons. The van der Waals surface area contributed by atoms with Crippen LogP contribution in [0.25, 0.3) is 0 Å². The predicted octanol–water partition coefficient (Wildman–Crippen LogP) is 4.67. The fourth-order valence-corrected chi connectivity index (χ4v) is 7.27. The third-order valence-electron chi connectivity index (χ3n) is 7.64. The first-order chi connectivity index (χ1) is 18.9. The Hall–Kier alpha value is -3.56. The number of thioether (sulfide) groups is 1. The van der Waals surface area contributed by atoms with E-state index in [2.05, 4.69) is 9.80 Å². The normalized spacial score (nSPS) is 23.2. The van der Waals surface area contributed by atoms with Crippen LogP contribution in [0.4, 0.5) is 21.5 Å². The Kier molecular flexibility index (Phi) is 6.72. The Bertz CT molecular complexity index is 1380. The first kappa shape index (κ1) is 25.7. The minimum atomic E-state index is -1.16. The van der Waals surface area contributed by atoms with Crippen molar-refractivity contribution in [1.29, 1.82) is 0 Å². The lowest BCUT2D eigenvalue weighted by atomic mass is 10.0. The van der Waals surface area contributed by atoms with E-state index in [-0.39, 0.29) is 22.9 Å². The lowest BCUT2D eigenvalue weighted by Gasteiger charge is -2.38. The van der Waals surface area contributed by atoms with Gasteiger partial charge in [-0.3, -0.25) is 24.3 Å². The molecule has 3 aliphatic heterocycles. The molecule has 0 aliphatic carbocycles. The first-order valence-corrected chi connectivity index (χ1v) is 14.2. The molecular weight excluding hydrogens is 515 g/mol. The Morgan fingerprint density at radius 3 is 2.28 bits per heavy atom. The predicted molar refractivity (Wildman–Crippen MR) is 153 cm³/mol. The second-order valence-corrected chi connectivity index (χ2v) is 11.5. The van der Waals surface area contributed by atoms with Crippen LogP contribution in [0, 0.1) is 5.82 Å². The first-order valence-electron chi connectivity index (χ1n) is 13.3. The molecule has 3 aliphatic rings. The molecular formula is C30H31FN4O3S. The number of carbonyl (C=O) groups is 2. The number of benzene rings is 3. The highest BCUT2D eigenvalue weighted by Crippen LogP contribution is 2.57. The van der Waals surface area contributed by atoms with Crippen molar-refractivity contribution in [3.8, 4) is 5.75 Å². The summed E-state index contributed by atoms with van der Waals surface area (Å²) in [6.07, 6.45) is 0. The minimum Gasteiger partial charge on any atom is -0.494 e. The number of nitrogens with zero attached hydrogens (tertiary/aromatic N) is 4. The van der Waals surface area contributed by atoms with Crippen LogP contribution < -0.4 is 19.4 Å². The van der Waals surface area contributed by atoms with Crippen molar-refractivity contribution in [3.63, 3.8) is 0 Å². The molecule has 2 atom stereocenters. The molecule has 2 fully saturated rings. The average molecular weight is 547 g/mol. The molecule has 0 saturated carbocycles. The van der Waals surface area contributed by atoms with Crippen molar-refractivity contribution >= 4 is 40.6 Å². The summed E-state index contributed by atoms with van der Waals surface area (Å²) in [7, 11) is 0. The van der Waals surface area contributed by atoms with Gasteiger partial charge in [-0.05, 0) is 68.4 Å². The van der Waals surface area contributed by atoms with Crippen LogP contribution in [0.2, 0.25) is 0 Å². The number of ether oxygens (including phenoxy) is 1. The van der Waals surface area contributed by atoms with Gasteiger partial charge in [-0.25, -0.2) is 4.39 Å². The number of piperazine rings is 1. The van der Waals surface area contributed by atoms with E-state index in [0.29, 0.717) is 19.0 Å². The molecule has 3 aromatic carbocycles. The second-order valence-electron chi connectivity index (χ2n) is 9.98. The maximum absolute atomic E-state index is 14.4. The molecule has 0 N–H and O–H groups in total. The highest BCUT2D eigenvalue weighted by Gasteiger charge is 2.63. The monoisotopic (exact) mass is 546 g/mol. The second kappa shape index (κ2) is 10.2. The highest BCUT2D eigenvalue weighted by molar-refractivity contribution is 8.03. The molecule has 3 aromatic rings. The van der Waals surface area contributed by atoms with Crippen LogP contribution in [-0.2, 0) is 14.5 Å². The molecule has 39 heavy (non-hydrogen) atoms. The Morgan fingerprint density at radius 2 is 1.59 bits per heavy atom. The molecule has 3 heterocycles. The standard InChI is InChI=1S/C30H31FN4O3S/c1-3-38-25-14-12-24(13-15-25)35-28(36)21(2)39-30(35)26-6-4-5-7-27(26)34(29(30)37)20-32-16-18-33(19-17-32)23-10-8-22(31)9-11-23/h4-15,21H,3,16-20H2,1-2H3/t21-,30-/m1/s1. The number of halogens is 1. The molecule has 202 valence electrons. The van der Waals surface area contributed by atoms with Gasteiger partial charge in [0, 0.05) is 43.1 Å². The van der Waals surface area contributed by atoms with E-state index in [4.69, 9.17) is 4.74 Å². The van der Waals surface area contributed by atoms with Gasteiger partial charge in [-0.1, -0.05) is 18.2 Å². The van der Waals surface area contributed by atoms with Crippen LogP contribution in [-0.4, -0.2) is 61.4 Å². The van der Waals surface area contributed by atoms with E-state index in [1.165, 1.54) is 23.9 Å². The van der Waals surface area contributed by atoms with Crippen molar-refractivity contribution in [1.82, 2.24) is 4.90 Å². The Labute approximate surface area is 232 Å². The fourth-order valence-electron chi connectivity index (χ4n) is 5.74. The SMILES string of the molecule is CCOc1ccc(N2C(=O)[C@@H](C)S[C@]23C(=O)N(CN2CCN(c4ccc(F)cc4)CC2)c2ccccc23)cc1. The maximum atomic E-state index is 14.4. The van der Waals surface area contributed by atoms with Gasteiger partial charge in [0.25, 0.3) is 5.91 Å². The van der Waals surface area contributed by atoms with Gasteiger partial charge in [0.05, 0.1) is 24.2 Å². The highest BCUT2D eigenvalue weighted by atomic mass is 32.2. The van der Waals surface area contributed by atoms with Gasteiger partial charge < -0.3 is 9.64 Å². The smallest absolute Gasteiger partial charge is 0.269 e. The summed E-state index contributed by atoms with van der Waals surface area (Å²) >= 11 is 1.41. The largest absolute Gasteiger partial charge is 0.494 e. The minimum absolute atomic E-state index is 0.0814. The van der Waals surface area contributed by atoms with Gasteiger partial charge in [0.2, 0.25) is 10.8 Å². The van der Waals surface area contributed by atoms with Crippen LogP contribution in [0.5, 0.6) is 5.75 Å². The lowest BCUT2D eigenvalue weighted by Crippen LogP contribution is -2.54. The topological polar surface area (TPSA) is 56.3 Å². The molecule has 1 spiro atoms. The van der Waals surface area contributed by atoms with Gasteiger partial charge in [-0.2, -0.15) is 0 Å². The van der Waals surface area contributed by atoms with Crippen LogP contribution in [0.1, 0.15) is 19.4 Å². The van der Waals surface area contributed by atoms with Gasteiger partial charge in [0.1, 0.15) is 11.6 Å². The van der Waals surface area contributed by atoms with Gasteiger partial charge in [-0.15, -0.1) is 11.8 Å². The van der Waals surface area contributed by atoms with Crippen LogP contribution >= 0.6 is 11.8 Å². The van der Waals surface area contributed by atoms with Crippen molar-refractivity contribution in [2.45, 2.75) is 24.0 Å². The number of carbonyl (C=O) groups excluding carboxylic acids is 2. The maximum Gasteiger partial charge on any atom is 0.269 e. The molecule has 2 amide bonds. The molecule has 2 saturated heterocycles. The van der Waals surface area contributed by atoms with E-state index in [9.17, 15) is 14.0 Å². The third-order valence-corrected chi connectivity index (χ3v) is 9.11. The number of fused-ring (bicyclic) bond motifs is 2. The van der Waals surface area contributed by atoms with Gasteiger partial charge >= 0.3 is 0 Å². The molecule has 0 unspecified atom stereocenters. The van der Waals surface area contributed by atoms with Crippen molar-refractivity contribution in [2.24, 2.45) is 0 Å². The zero-order chi connectivity index (χ0) is 27.1. The lowest BCUT2D eigenvalue weighted by molar-refractivity contribution is -0.124. The summed E-state index contributed by atoms with van der Waals surface area (Å²) < 4.78 is 19.0. The summed E-state index contributed by atoms with van der Waals surface area (Å²) in [5.41, 5.74) is 3.36. The average Bonchev–Trinajstić information content (AvgIpc) is 3.35. The van der Waals surface area contributed by atoms with Crippen molar-refractivity contribution in [3.05, 3.63) is 84.2 Å². The number of para-hydroxylation sites is 1. The summed E-state index contributed by atoms with van der Waals surface area (Å²) in [6, 6.07) is 21.8. The zero-order valence-corrected chi connectivity index (χ0v) is 22.9. The zero-order valence-electron chi connectivity index (χ0n) is 22.0. The van der Waals surface area contributed by atoms with E-state index in [1.807, 2.05) is 67.3 Å². The summed E-state index contributed by atoms with van der Waals surface area (Å²) in [5, 5.41) is -0.368. The van der Waals surface area contributed by atoms with Crippen LogP contribution in [0.3, 0.4) is 0 Å². The van der Waals surface area contributed by atoms with Crippen molar-refractivity contribution < 1.29 is 18.7 Å². The summed E-state index contributed by atoms with van der Waals surface area (Å²) in [4.78, 5) is 34.9. The number of amides is 2. The molecule has 9 heteroatoms. The Balaban J connectivity index is 1.27. The van der Waals surface area contributed by atoms with Crippen LogP contribution in [0.15, 0.2) is 72.8 Å². The fraction of sp³-hybridized carbons (Fsp3) is 0.333. The third kappa shape index (κ3) is 4.33. The number of rotatable bonds is 6. The molecule has 0 bridgehead atoms. The molecule has 6 rings (SSSR count). The van der Waals surface area contributed by atoms with Gasteiger partial charge in [0.15, 0.2) is 0 Å². The van der Waals surface area contributed by atoms with E-state index in [0.717, 1.165) is 48.9 Å². The number of hydrogen-bond donors (Lipinski definition) is 0. The molecule has 0 aromatic heterocycles. The molecule has 7 nitrogen and oxygen atoms in total. The quantitative estimate of drug-likeness (QED) is 0.448. The van der Waals surface area contributed by atoms with E-state index >= 15 is 0 Å². The summed E-state index contributed by atoms with van der Waals surface area (Å²) in [5.74, 6) is 0.305. The Morgan fingerprint density at radius 1 is 0.923 bits per heavy atom. The van der Waals surface area contributed by atoms with E-state index < -0.39 is 4.87 Å².